The molecule has 186 valence electrons. The number of halogens is 2. The zero-order valence-electron chi connectivity index (χ0n) is 20.7. The molecule has 6 rings (SSSR count). The van der Waals surface area contributed by atoms with Crippen LogP contribution in [0.15, 0.2) is 48.5 Å². The van der Waals surface area contributed by atoms with Gasteiger partial charge in [-0.1, -0.05) is 87.3 Å². The van der Waals surface area contributed by atoms with E-state index in [2.05, 4.69) is 42.9 Å². The van der Waals surface area contributed by atoms with Crippen molar-refractivity contribution in [3.63, 3.8) is 0 Å². The highest BCUT2D eigenvalue weighted by atomic mass is 35.5. The maximum Gasteiger partial charge on any atom is 0.185 e. The van der Waals surface area contributed by atoms with Gasteiger partial charge in [-0.2, -0.15) is 0 Å². The molecule has 0 atom stereocenters. The Morgan fingerprint density at radius 1 is 0.757 bits per heavy atom. The van der Waals surface area contributed by atoms with Gasteiger partial charge in [0.1, 0.15) is 17.2 Å². The summed E-state index contributed by atoms with van der Waals surface area (Å²) in [5.74, 6) is 1.91. The summed E-state index contributed by atoms with van der Waals surface area (Å²) in [6.07, 6.45) is 2.03. The van der Waals surface area contributed by atoms with Crippen LogP contribution in [0.25, 0.3) is 39.9 Å². The van der Waals surface area contributed by atoms with Crippen molar-refractivity contribution in [1.29, 1.82) is 0 Å². The Morgan fingerprint density at radius 3 is 2.00 bits per heavy atom. The van der Waals surface area contributed by atoms with Crippen molar-refractivity contribution >= 4 is 40.6 Å². The summed E-state index contributed by atoms with van der Waals surface area (Å²) in [7, 11) is 0. The Hall–Kier alpha value is -3.75. The zero-order chi connectivity index (χ0) is 25.8. The van der Waals surface area contributed by atoms with Crippen LogP contribution in [-0.4, -0.2) is 39.6 Å². The number of hydrogen-bond acceptors (Lipinski definition) is 5. The van der Waals surface area contributed by atoms with E-state index in [9.17, 15) is 0 Å². The summed E-state index contributed by atoms with van der Waals surface area (Å²) in [4.78, 5) is 8.29. The first-order chi connectivity index (χ1) is 17.8. The van der Waals surface area contributed by atoms with E-state index in [1.165, 1.54) is 0 Å². The lowest BCUT2D eigenvalue weighted by Gasteiger charge is -2.03. The molecule has 6 aromatic rings. The number of aromatic amines is 1. The van der Waals surface area contributed by atoms with Gasteiger partial charge in [0, 0.05) is 28.5 Å². The number of aromatic nitrogens is 8. The third-order valence-electron chi connectivity index (χ3n) is 6.26. The van der Waals surface area contributed by atoms with Crippen molar-refractivity contribution in [2.75, 3.05) is 0 Å². The highest BCUT2D eigenvalue weighted by Gasteiger charge is 2.22. The van der Waals surface area contributed by atoms with Crippen LogP contribution in [-0.2, 0) is 0 Å². The van der Waals surface area contributed by atoms with Gasteiger partial charge >= 0.3 is 0 Å². The van der Waals surface area contributed by atoms with Crippen molar-refractivity contribution in [2.24, 2.45) is 0 Å². The summed E-state index contributed by atoms with van der Waals surface area (Å²) in [6.45, 7) is 8.28. The SMILES string of the molecule is CC(C)c1nc2c(=Cc3c(-c4ccccc4Cl)nn4nc(C(C)C)[nH]c34)c(-c3ccccc3Cl)nn2n1. The number of rotatable bonds is 5. The lowest BCUT2D eigenvalue weighted by atomic mass is 10.0. The maximum absolute atomic E-state index is 6.62. The molecule has 0 amide bonds. The first-order valence-corrected chi connectivity index (χ1v) is 12.8. The number of hydrogen-bond donors (Lipinski definition) is 1. The fourth-order valence-corrected chi connectivity index (χ4v) is 4.74. The standard InChI is InChI=1S/C27H24Cl2N8/c1-14(2)24-30-26-18(22(32-36(26)34-24)16-9-5-7-11-20(16)28)13-19-23(17-10-6-8-12-21(17)29)33-37-27(19)31-25(35-37)15(3)4/h5-15H,1-4H3,(H,30,34). The molecule has 0 bridgehead atoms. The number of fused-ring (bicyclic) bond motifs is 2. The first kappa shape index (κ1) is 23.6. The van der Waals surface area contributed by atoms with Gasteiger partial charge in [0.25, 0.3) is 0 Å². The van der Waals surface area contributed by atoms with Gasteiger partial charge in [0.2, 0.25) is 0 Å². The Bertz CT molecular complexity index is 1830. The molecular formula is C27H24Cl2N8. The predicted molar refractivity (Wildman–Crippen MR) is 146 cm³/mol. The summed E-state index contributed by atoms with van der Waals surface area (Å²) in [5, 5.41) is 20.9. The summed E-state index contributed by atoms with van der Waals surface area (Å²) in [6, 6.07) is 15.3. The topological polar surface area (TPSA) is 89.1 Å². The van der Waals surface area contributed by atoms with Crippen LogP contribution < -0.4 is 5.22 Å². The molecule has 1 N–H and O–H groups in total. The van der Waals surface area contributed by atoms with E-state index < -0.39 is 0 Å². The van der Waals surface area contributed by atoms with E-state index in [1.807, 2.05) is 54.6 Å². The summed E-state index contributed by atoms with van der Waals surface area (Å²) < 4.78 is 3.22. The van der Waals surface area contributed by atoms with Crippen LogP contribution in [0.2, 0.25) is 10.0 Å². The third-order valence-corrected chi connectivity index (χ3v) is 6.92. The first-order valence-electron chi connectivity index (χ1n) is 12.1. The molecule has 0 aliphatic heterocycles. The van der Waals surface area contributed by atoms with Gasteiger partial charge in [0.05, 0.1) is 15.3 Å². The average Bonchev–Trinajstić information content (AvgIpc) is 3.61. The molecule has 4 aromatic heterocycles. The van der Waals surface area contributed by atoms with Crippen LogP contribution in [0, 0.1) is 0 Å². The largest absolute Gasteiger partial charge is 0.325 e. The Balaban J connectivity index is 1.72. The molecule has 8 nitrogen and oxygen atoms in total. The number of benzene rings is 2. The highest BCUT2D eigenvalue weighted by molar-refractivity contribution is 6.33. The van der Waals surface area contributed by atoms with Crippen LogP contribution in [0.5, 0.6) is 0 Å². The van der Waals surface area contributed by atoms with E-state index in [1.54, 1.807) is 9.26 Å². The molecule has 10 heteroatoms. The lowest BCUT2D eigenvalue weighted by Crippen LogP contribution is -2.05. The summed E-state index contributed by atoms with van der Waals surface area (Å²) >= 11 is 13.2. The van der Waals surface area contributed by atoms with Gasteiger partial charge in [-0.15, -0.1) is 29.7 Å². The van der Waals surface area contributed by atoms with Crippen LogP contribution >= 0.6 is 23.2 Å². The lowest BCUT2D eigenvalue weighted by molar-refractivity contribution is 0.731. The van der Waals surface area contributed by atoms with Gasteiger partial charge < -0.3 is 4.98 Å². The highest BCUT2D eigenvalue weighted by Crippen LogP contribution is 2.33. The molecule has 0 fully saturated rings. The smallest absolute Gasteiger partial charge is 0.185 e. The third kappa shape index (κ3) is 3.97. The van der Waals surface area contributed by atoms with Crippen molar-refractivity contribution in [3.8, 4) is 22.5 Å². The average molecular weight is 531 g/mol. The molecule has 0 saturated carbocycles. The van der Waals surface area contributed by atoms with Crippen molar-refractivity contribution < 1.29 is 0 Å². The number of nitrogens with one attached hydrogen (secondary N) is 1. The van der Waals surface area contributed by atoms with Crippen molar-refractivity contribution in [1.82, 2.24) is 39.6 Å². The zero-order valence-corrected chi connectivity index (χ0v) is 22.2. The molecule has 37 heavy (non-hydrogen) atoms. The normalized spacial score (nSPS) is 12.7. The van der Waals surface area contributed by atoms with Crippen molar-refractivity contribution in [3.05, 3.63) is 81.0 Å². The predicted octanol–water partition coefficient (Wildman–Crippen LogP) is 5.93. The maximum atomic E-state index is 6.62. The van der Waals surface area contributed by atoms with Gasteiger partial charge in [0.15, 0.2) is 17.1 Å². The summed E-state index contributed by atoms with van der Waals surface area (Å²) in [5.41, 5.74) is 5.21. The van der Waals surface area contributed by atoms with E-state index in [0.29, 0.717) is 27.1 Å². The van der Waals surface area contributed by atoms with E-state index in [4.69, 9.17) is 38.4 Å². The number of H-pyrrole nitrogens is 1. The minimum absolute atomic E-state index is 0.154. The molecule has 2 aromatic carbocycles. The monoisotopic (exact) mass is 530 g/mol. The minimum atomic E-state index is 0.154. The quantitative estimate of drug-likeness (QED) is 0.298. The second-order valence-electron chi connectivity index (χ2n) is 9.57. The van der Waals surface area contributed by atoms with Gasteiger partial charge in [-0.3, -0.25) is 0 Å². The Kier molecular flexibility index (Phi) is 5.73. The van der Waals surface area contributed by atoms with Crippen LogP contribution in [0.1, 0.15) is 56.7 Å². The van der Waals surface area contributed by atoms with Gasteiger partial charge in [-0.05, 0) is 18.2 Å². The molecule has 4 heterocycles. The Labute approximate surface area is 222 Å². The fraction of sp³-hybridized carbons (Fsp3) is 0.222. The molecule has 0 aliphatic rings. The molecule has 0 radical (unpaired) electrons. The molecule has 0 unspecified atom stereocenters. The van der Waals surface area contributed by atoms with Crippen LogP contribution in [0.4, 0.5) is 0 Å². The van der Waals surface area contributed by atoms with Crippen LogP contribution in [0.3, 0.4) is 0 Å². The number of nitrogens with zero attached hydrogens (tertiary/aromatic N) is 7. The Morgan fingerprint density at radius 2 is 1.38 bits per heavy atom. The molecule has 0 saturated heterocycles. The van der Waals surface area contributed by atoms with E-state index in [-0.39, 0.29) is 11.8 Å². The second-order valence-corrected chi connectivity index (χ2v) is 10.4. The molecule has 0 aliphatic carbocycles. The second kappa shape index (κ2) is 8.97. The fourth-order valence-electron chi connectivity index (χ4n) is 4.29. The van der Waals surface area contributed by atoms with E-state index >= 15 is 0 Å². The molecular weight excluding hydrogens is 507 g/mol. The van der Waals surface area contributed by atoms with Crippen molar-refractivity contribution in [2.45, 2.75) is 39.5 Å². The van der Waals surface area contributed by atoms with Gasteiger partial charge in [-0.25, -0.2) is 4.98 Å². The molecule has 0 spiro atoms. The minimum Gasteiger partial charge on any atom is -0.325 e. The van der Waals surface area contributed by atoms with E-state index in [0.717, 1.165) is 39.2 Å².